The van der Waals surface area contributed by atoms with Gasteiger partial charge in [0.1, 0.15) is 10.8 Å². The van der Waals surface area contributed by atoms with Crippen LogP contribution in [0.15, 0.2) is 167 Å². The van der Waals surface area contributed by atoms with Crippen LogP contribution in [0.25, 0.3) is 32.7 Å². The molecule has 0 saturated heterocycles. The molecule has 2 spiro atoms. The van der Waals surface area contributed by atoms with Gasteiger partial charge in [0, 0.05) is 45.0 Å². The lowest BCUT2D eigenvalue weighted by Gasteiger charge is -2.28. The lowest BCUT2D eigenvalue weighted by molar-refractivity contribution is 0.0949. The van der Waals surface area contributed by atoms with Gasteiger partial charge in [0.05, 0.1) is 65.5 Å². The predicted octanol–water partition coefficient (Wildman–Crippen LogP) is 10.9. The minimum atomic E-state index is -1.44. The Labute approximate surface area is 413 Å². The first-order valence-electron chi connectivity index (χ1n) is 23.4. The Morgan fingerprint density at radius 2 is 0.806 bits per heavy atom. The summed E-state index contributed by atoms with van der Waals surface area (Å²) in [6, 6.07) is 39.2. The molecule has 2 aliphatic carbocycles. The molecule has 12 nitrogen and oxygen atoms in total. The first-order chi connectivity index (χ1) is 35.2. The average Bonchev–Trinajstić information content (AvgIpc) is 4.31. The fourth-order valence-electron chi connectivity index (χ4n) is 11.9. The van der Waals surface area contributed by atoms with E-state index in [1.165, 1.54) is 0 Å². The third-order valence-electron chi connectivity index (χ3n) is 15.0. The van der Waals surface area contributed by atoms with Gasteiger partial charge in [-0.3, -0.25) is 19.6 Å². The highest BCUT2D eigenvalue weighted by Crippen LogP contribution is 2.53. The van der Waals surface area contributed by atoms with Crippen molar-refractivity contribution >= 4 is 55.7 Å². The topological polar surface area (TPSA) is 146 Å². The number of hydrogen-bond acceptors (Lipinski definition) is 10. The molecule has 0 saturated carbocycles. The number of rotatable bonds is 8. The molecule has 6 aromatic carbocycles. The fraction of sp³-hybridized carbons (Fsp3) is 0.133. The van der Waals surface area contributed by atoms with Crippen molar-refractivity contribution in [3.05, 3.63) is 213 Å². The number of methoxy groups -OCH3 is 6. The lowest BCUT2D eigenvalue weighted by Crippen LogP contribution is -2.41. The SMILES string of the molecule is COc1cc(/C2=C3\C=CC(=N3)[C@]3(C(=O)c4cccc5cccc3c45)c3ccc([nH]3)/C(c3cc(OC)c(OC)c(OC)c3)=C3/C=CC(=N3)[C@@]3(C(=O)c4cccc5cccc3c45)c3ccc2[nH]3)cc(OC)c1OC. The van der Waals surface area contributed by atoms with E-state index in [2.05, 4.69) is 9.97 Å². The van der Waals surface area contributed by atoms with E-state index in [4.69, 9.17) is 38.4 Å². The van der Waals surface area contributed by atoms with Crippen LogP contribution in [0.4, 0.5) is 0 Å². The lowest BCUT2D eigenvalue weighted by atomic mass is 9.73. The normalized spacial score (nSPS) is 21.1. The Morgan fingerprint density at radius 3 is 1.17 bits per heavy atom. The third-order valence-corrected chi connectivity index (χ3v) is 15.0. The first kappa shape index (κ1) is 42.9. The molecule has 0 radical (unpaired) electrons. The Hall–Kier alpha value is -9.16. The number of hydrogen-bond donors (Lipinski definition) is 2. The van der Waals surface area contributed by atoms with Crippen LogP contribution in [-0.2, 0) is 10.8 Å². The van der Waals surface area contributed by atoms with Gasteiger partial charge in [-0.15, -0.1) is 0 Å². The van der Waals surface area contributed by atoms with Crippen LogP contribution in [0.3, 0.4) is 0 Å². The maximum atomic E-state index is 15.8. The van der Waals surface area contributed by atoms with Crippen LogP contribution in [0, 0.1) is 0 Å². The van der Waals surface area contributed by atoms with E-state index in [1.807, 2.05) is 146 Å². The minimum Gasteiger partial charge on any atom is -0.493 e. The molecule has 8 bridgehead atoms. The molecule has 5 heterocycles. The van der Waals surface area contributed by atoms with Crippen molar-refractivity contribution in [2.24, 2.45) is 9.98 Å². The third kappa shape index (κ3) is 5.51. The number of carbonyl (C=O) groups excluding carboxylic acids is 2. The number of nitrogens with one attached hydrogen (secondary N) is 2. The van der Waals surface area contributed by atoms with Crippen molar-refractivity contribution in [1.82, 2.24) is 9.97 Å². The van der Waals surface area contributed by atoms with Crippen molar-refractivity contribution in [3.8, 4) is 34.5 Å². The number of aliphatic imine (C=N–C) groups is 2. The molecule has 72 heavy (non-hydrogen) atoms. The van der Waals surface area contributed by atoms with Gasteiger partial charge in [0.2, 0.25) is 11.5 Å². The maximum absolute atomic E-state index is 15.8. The number of ketones is 2. The molecule has 2 aromatic heterocycles. The highest BCUT2D eigenvalue weighted by molar-refractivity contribution is 6.36. The molecule has 13 rings (SSSR count). The highest BCUT2D eigenvalue weighted by Gasteiger charge is 2.55. The molecule has 0 fully saturated rings. The zero-order chi connectivity index (χ0) is 49.2. The molecular weight excluding hydrogens is 905 g/mol. The molecule has 5 aliphatic rings. The summed E-state index contributed by atoms with van der Waals surface area (Å²) in [5.41, 5.74) is 7.20. The van der Waals surface area contributed by atoms with E-state index in [0.29, 0.717) is 113 Å². The monoisotopic (exact) mass is 948 g/mol. The summed E-state index contributed by atoms with van der Waals surface area (Å²) in [5, 5.41) is 3.61. The summed E-state index contributed by atoms with van der Waals surface area (Å²) < 4.78 is 35.3. The van der Waals surface area contributed by atoms with Gasteiger partial charge in [-0.25, -0.2) is 0 Å². The van der Waals surface area contributed by atoms with Gasteiger partial charge in [-0.1, -0.05) is 72.8 Å². The van der Waals surface area contributed by atoms with Crippen LogP contribution >= 0.6 is 0 Å². The van der Waals surface area contributed by atoms with E-state index in [-0.39, 0.29) is 11.6 Å². The van der Waals surface area contributed by atoms with Gasteiger partial charge in [0.25, 0.3) is 0 Å². The van der Waals surface area contributed by atoms with Crippen molar-refractivity contribution in [2.45, 2.75) is 10.8 Å². The summed E-state index contributed by atoms with van der Waals surface area (Å²) in [4.78, 5) is 50.3. The van der Waals surface area contributed by atoms with E-state index >= 15 is 9.59 Å². The summed E-state index contributed by atoms with van der Waals surface area (Å²) in [6.07, 6.45) is 7.76. The van der Waals surface area contributed by atoms with Gasteiger partial charge >= 0.3 is 0 Å². The Morgan fingerprint density at radius 1 is 0.431 bits per heavy atom. The second-order valence-corrected chi connectivity index (χ2v) is 18.2. The number of allylic oxidation sites excluding steroid dienone is 4. The van der Waals surface area contributed by atoms with Crippen molar-refractivity contribution in [1.29, 1.82) is 0 Å². The van der Waals surface area contributed by atoms with Crippen LogP contribution in [0.2, 0.25) is 0 Å². The van der Waals surface area contributed by atoms with Crippen molar-refractivity contribution in [3.63, 3.8) is 0 Å². The summed E-state index contributed by atoms with van der Waals surface area (Å²) >= 11 is 0. The second-order valence-electron chi connectivity index (χ2n) is 18.2. The van der Waals surface area contributed by atoms with Gasteiger partial charge < -0.3 is 38.4 Å². The zero-order valence-corrected chi connectivity index (χ0v) is 40.0. The van der Waals surface area contributed by atoms with Crippen LogP contribution in [-0.4, -0.2) is 75.6 Å². The largest absolute Gasteiger partial charge is 0.493 e. The molecule has 12 heteroatoms. The number of benzene rings is 6. The first-order valence-corrected chi connectivity index (χ1v) is 23.4. The van der Waals surface area contributed by atoms with Gasteiger partial charge in [0.15, 0.2) is 34.6 Å². The standard InChI is InChI=1S/C60H44N4O8/c1-67-43-27-33(28-44(68-2)55(43)71-5)53-39-19-23-47(61-39)59(37-17-9-13-31-11-7-15-35(51(31)37)57(59)65)49-25-21-41(63-49)54(34-29-45(69-3)56(72-6)46(30-34)70-4)42-22-26-50(64-42)60(48-24-20-40(53)62-48)38-18-10-14-32-12-8-16-36(52(32)38)58(60)66/h7-30,61,64H,1-6H3/b53-40-,54-41-/t59-,60-. The van der Waals surface area contributed by atoms with E-state index in [9.17, 15) is 0 Å². The molecule has 3 aliphatic heterocycles. The van der Waals surface area contributed by atoms with Crippen molar-refractivity contribution in [2.75, 3.05) is 42.7 Å². The summed E-state index contributed by atoms with van der Waals surface area (Å²) in [6.45, 7) is 0. The van der Waals surface area contributed by atoms with E-state index in [1.54, 1.807) is 42.7 Å². The smallest absolute Gasteiger partial charge is 0.203 e. The highest BCUT2D eigenvalue weighted by atomic mass is 16.5. The summed E-state index contributed by atoms with van der Waals surface area (Å²) in [7, 11) is 9.44. The van der Waals surface area contributed by atoms with Crippen LogP contribution in [0.5, 0.6) is 34.5 Å². The van der Waals surface area contributed by atoms with Crippen molar-refractivity contribution < 1.29 is 38.0 Å². The molecule has 0 unspecified atom stereocenters. The number of fused-ring (bicyclic) bond motifs is 12. The maximum Gasteiger partial charge on any atom is 0.203 e. The van der Waals surface area contributed by atoms with E-state index in [0.717, 1.165) is 32.7 Å². The fourth-order valence-corrected chi connectivity index (χ4v) is 11.9. The second kappa shape index (κ2) is 15.7. The average molecular weight is 949 g/mol. The molecular formula is C60H44N4O8. The zero-order valence-electron chi connectivity index (χ0n) is 40.0. The number of Topliss-reactive ketones (excluding diaryl/α,β-unsaturated/α-hetero) is 2. The number of aromatic amines is 2. The number of aromatic nitrogens is 2. The Kier molecular flexibility index (Phi) is 9.34. The van der Waals surface area contributed by atoms with Gasteiger partial charge in [-0.05, 0) is 117 Å². The quantitative estimate of drug-likeness (QED) is 0.153. The molecule has 2 N–H and O–H groups in total. The van der Waals surface area contributed by atoms with Crippen LogP contribution < -0.4 is 28.4 Å². The van der Waals surface area contributed by atoms with E-state index < -0.39 is 10.8 Å². The Bertz CT molecular complexity index is 3640. The molecule has 2 atom stereocenters. The molecule has 0 amide bonds. The summed E-state index contributed by atoms with van der Waals surface area (Å²) in [5.74, 6) is 2.35. The van der Waals surface area contributed by atoms with Gasteiger partial charge in [-0.2, -0.15) is 0 Å². The minimum absolute atomic E-state index is 0.122. The molecule has 352 valence electrons. The van der Waals surface area contributed by atoms with Crippen LogP contribution in [0.1, 0.15) is 65.7 Å². The number of nitrogens with zero attached hydrogens (tertiary/aromatic N) is 2. The predicted molar refractivity (Wildman–Crippen MR) is 277 cm³/mol. The Balaban J connectivity index is 1.17. The number of H-pyrrole nitrogens is 2. The number of ether oxygens (including phenoxy) is 6. The molecule has 8 aromatic rings. The number of carbonyl (C=O) groups is 2.